The lowest BCUT2D eigenvalue weighted by Crippen LogP contribution is -2.46. The van der Waals surface area contributed by atoms with Crippen molar-refractivity contribution in [1.29, 1.82) is 0 Å². The number of nitrogens with one attached hydrogen (secondary N) is 2. The topological polar surface area (TPSA) is 56.8 Å². The molecular formula is C23H28Cl2N4O2. The van der Waals surface area contributed by atoms with E-state index in [0.29, 0.717) is 18.2 Å². The predicted molar refractivity (Wildman–Crippen MR) is 129 cm³/mol. The highest BCUT2D eigenvalue weighted by atomic mass is 35.5. The number of hydrogen-bond acceptors (Lipinski definition) is 4. The van der Waals surface area contributed by atoms with E-state index >= 15 is 0 Å². The Hall–Kier alpha value is -2.25. The first-order valence-corrected chi connectivity index (χ1v) is 11.0. The summed E-state index contributed by atoms with van der Waals surface area (Å²) in [5, 5.41) is 7.09. The first-order valence-electron chi connectivity index (χ1n) is 10.3. The van der Waals surface area contributed by atoms with Gasteiger partial charge in [-0.1, -0.05) is 47.5 Å². The number of anilines is 2. The third kappa shape index (κ3) is 7.43. The molecule has 8 heteroatoms. The SMILES string of the molecule is COCCNC(=O)Nc1ccc(Cl)cc1N1CCN(CC=Cc2ccc(Cl)cc2)CC1. The molecule has 31 heavy (non-hydrogen) atoms. The predicted octanol–water partition coefficient (Wildman–Crippen LogP) is 4.60. The highest BCUT2D eigenvalue weighted by Crippen LogP contribution is 2.30. The number of rotatable bonds is 8. The van der Waals surface area contributed by atoms with Gasteiger partial charge in [-0.05, 0) is 35.9 Å². The molecule has 0 saturated carbocycles. The number of nitrogens with zero attached hydrogens (tertiary/aromatic N) is 2. The standard InChI is InChI=1S/C23H28Cl2N4O2/c1-31-16-10-26-23(30)27-21-9-8-20(25)17-22(21)29-14-12-28(13-15-29)11-2-3-18-4-6-19(24)7-5-18/h2-9,17H,10-16H2,1H3,(H2,26,27,30). The number of piperazine rings is 1. The van der Waals surface area contributed by atoms with Gasteiger partial charge in [-0.25, -0.2) is 4.79 Å². The number of halogens is 2. The number of carbonyl (C=O) groups excluding carboxylic acids is 1. The lowest BCUT2D eigenvalue weighted by molar-refractivity contribution is 0.198. The molecule has 1 heterocycles. The second kappa shape index (κ2) is 12.0. The van der Waals surface area contributed by atoms with Crippen LogP contribution in [-0.4, -0.2) is 63.9 Å². The summed E-state index contributed by atoms with van der Waals surface area (Å²) in [6, 6.07) is 13.1. The van der Waals surface area contributed by atoms with E-state index in [1.807, 2.05) is 36.4 Å². The number of ether oxygens (including phenoxy) is 1. The zero-order valence-corrected chi connectivity index (χ0v) is 19.1. The fourth-order valence-electron chi connectivity index (χ4n) is 3.39. The van der Waals surface area contributed by atoms with Gasteiger partial charge in [0.2, 0.25) is 0 Å². The average Bonchev–Trinajstić information content (AvgIpc) is 2.77. The molecule has 1 fully saturated rings. The van der Waals surface area contributed by atoms with Gasteiger partial charge >= 0.3 is 6.03 Å². The number of carbonyl (C=O) groups is 1. The fourth-order valence-corrected chi connectivity index (χ4v) is 3.68. The number of urea groups is 1. The Morgan fingerprint density at radius 3 is 2.48 bits per heavy atom. The smallest absolute Gasteiger partial charge is 0.319 e. The second-order valence-corrected chi connectivity index (χ2v) is 8.15. The van der Waals surface area contributed by atoms with Gasteiger partial charge in [0.15, 0.2) is 0 Å². The quantitative estimate of drug-likeness (QED) is 0.562. The van der Waals surface area contributed by atoms with Crippen LogP contribution in [0.25, 0.3) is 6.08 Å². The van der Waals surface area contributed by atoms with Gasteiger partial charge in [-0.15, -0.1) is 0 Å². The van der Waals surface area contributed by atoms with Crippen molar-refractivity contribution in [2.45, 2.75) is 0 Å². The molecule has 1 saturated heterocycles. The first kappa shape index (κ1) is 23.4. The summed E-state index contributed by atoms with van der Waals surface area (Å²) in [6.45, 7) is 5.37. The van der Waals surface area contributed by atoms with Gasteiger partial charge in [-0.3, -0.25) is 4.90 Å². The Labute approximate surface area is 193 Å². The van der Waals surface area contributed by atoms with Crippen molar-refractivity contribution in [3.8, 4) is 0 Å². The summed E-state index contributed by atoms with van der Waals surface area (Å²) in [4.78, 5) is 16.8. The molecule has 0 bridgehead atoms. The molecule has 6 nitrogen and oxygen atoms in total. The van der Waals surface area contributed by atoms with Crippen molar-refractivity contribution in [1.82, 2.24) is 10.2 Å². The molecule has 0 radical (unpaired) electrons. The second-order valence-electron chi connectivity index (χ2n) is 7.28. The summed E-state index contributed by atoms with van der Waals surface area (Å²) in [7, 11) is 1.60. The molecule has 2 amide bonds. The van der Waals surface area contributed by atoms with Gasteiger partial charge in [0.05, 0.1) is 18.0 Å². The summed E-state index contributed by atoms with van der Waals surface area (Å²) in [5.41, 5.74) is 2.82. The van der Waals surface area contributed by atoms with Crippen LogP contribution >= 0.6 is 23.2 Å². The molecule has 0 atom stereocenters. The number of benzene rings is 2. The maximum Gasteiger partial charge on any atom is 0.319 e. The molecule has 3 rings (SSSR count). The Morgan fingerprint density at radius 2 is 1.77 bits per heavy atom. The lowest BCUT2D eigenvalue weighted by atomic mass is 10.2. The van der Waals surface area contributed by atoms with Crippen molar-refractivity contribution in [3.63, 3.8) is 0 Å². The molecule has 0 aromatic heterocycles. The van der Waals surface area contributed by atoms with Crippen LogP contribution < -0.4 is 15.5 Å². The van der Waals surface area contributed by atoms with E-state index in [0.717, 1.165) is 54.7 Å². The molecule has 1 aliphatic heterocycles. The van der Waals surface area contributed by atoms with Gasteiger partial charge in [0.25, 0.3) is 0 Å². The number of amides is 2. The van der Waals surface area contributed by atoms with Gasteiger partial charge in [0.1, 0.15) is 0 Å². The van der Waals surface area contributed by atoms with Crippen molar-refractivity contribution in [2.75, 3.05) is 63.2 Å². The zero-order valence-electron chi connectivity index (χ0n) is 17.6. The van der Waals surface area contributed by atoms with Crippen molar-refractivity contribution in [3.05, 3.63) is 64.1 Å². The van der Waals surface area contributed by atoms with Gasteiger partial charge < -0.3 is 20.3 Å². The van der Waals surface area contributed by atoms with E-state index in [1.165, 1.54) is 0 Å². The molecule has 2 N–H and O–H groups in total. The molecule has 0 spiro atoms. The van der Waals surface area contributed by atoms with Crippen LogP contribution in [0.2, 0.25) is 10.0 Å². The average molecular weight is 463 g/mol. The number of hydrogen-bond donors (Lipinski definition) is 2. The summed E-state index contributed by atoms with van der Waals surface area (Å²) in [5.74, 6) is 0. The molecule has 2 aromatic carbocycles. The third-order valence-electron chi connectivity index (χ3n) is 5.06. The van der Waals surface area contributed by atoms with Gasteiger partial charge in [-0.2, -0.15) is 0 Å². The molecular weight excluding hydrogens is 435 g/mol. The molecule has 0 unspecified atom stereocenters. The van der Waals surface area contributed by atoms with Crippen LogP contribution in [0.1, 0.15) is 5.56 Å². The zero-order chi connectivity index (χ0) is 22.1. The highest BCUT2D eigenvalue weighted by molar-refractivity contribution is 6.31. The summed E-state index contributed by atoms with van der Waals surface area (Å²) >= 11 is 12.2. The maximum atomic E-state index is 12.2. The minimum absolute atomic E-state index is 0.258. The third-order valence-corrected chi connectivity index (χ3v) is 5.54. The molecule has 166 valence electrons. The summed E-state index contributed by atoms with van der Waals surface area (Å²) < 4.78 is 4.96. The van der Waals surface area contributed by atoms with E-state index in [-0.39, 0.29) is 6.03 Å². The van der Waals surface area contributed by atoms with Crippen LogP contribution in [-0.2, 0) is 4.74 Å². The van der Waals surface area contributed by atoms with Crippen LogP contribution in [0.15, 0.2) is 48.5 Å². The van der Waals surface area contributed by atoms with Gasteiger partial charge in [0, 0.05) is 56.4 Å². The maximum absolute atomic E-state index is 12.2. The lowest BCUT2D eigenvalue weighted by Gasteiger charge is -2.36. The van der Waals surface area contributed by atoms with E-state index in [1.54, 1.807) is 13.2 Å². The van der Waals surface area contributed by atoms with Crippen LogP contribution in [0, 0.1) is 0 Å². The van der Waals surface area contributed by atoms with Crippen LogP contribution in [0.3, 0.4) is 0 Å². The van der Waals surface area contributed by atoms with E-state index in [4.69, 9.17) is 27.9 Å². The van der Waals surface area contributed by atoms with Crippen LogP contribution in [0.4, 0.5) is 16.2 Å². The van der Waals surface area contributed by atoms with E-state index < -0.39 is 0 Å². The first-order chi connectivity index (χ1) is 15.0. The molecule has 2 aromatic rings. The minimum Gasteiger partial charge on any atom is -0.383 e. The van der Waals surface area contributed by atoms with Crippen molar-refractivity contribution >= 4 is 46.7 Å². The Kier molecular flexibility index (Phi) is 9.03. The highest BCUT2D eigenvalue weighted by Gasteiger charge is 2.19. The largest absolute Gasteiger partial charge is 0.383 e. The molecule has 0 aliphatic carbocycles. The Bertz CT molecular complexity index is 882. The normalized spacial score (nSPS) is 14.7. The minimum atomic E-state index is -0.258. The summed E-state index contributed by atoms with van der Waals surface area (Å²) in [6.07, 6.45) is 4.29. The monoisotopic (exact) mass is 462 g/mol. The van der Waals surface area contributed by atoms with Crippen LogP contribution in [0.5, 0.6) is 0 Å². The van der Waals surface area contributed by atoms with E-state index in [2.05, 4.69) is 32.6 Å². The molecule has 1 aliphatic rings. The van der Waals surface area contributed by atoms with E-state index in [9.17, 15) is 4.79 Å². The fraction of sp³-hybridized carbons (Fsp3) is 0.348. The van der Waals surface area contributed by atoms with Crippen molar-refractivity contribution < 1.29 is 9.53 Å². The van der Waals surface area contributed by atoms with Crippen molar-refractivity contribution in [2.24, 2.45) is 0 Å². The Balaban J connectivity index is 1.54. The Morgan fingerprint density at radius 1 is 1.06 bits per heavy atom. The number of methoxy groups -OCH3 is 1.